The van der Waals surface area contributed by atoms with E-state index in [-0.39, 0.29) is 11.8 Å². The Hall–Kier alpha value is -3.44. The van der Waals surface area contributed by atoms with Gasteiger partial charge < -0.3 is 15.1 Å². The molecule has 0 saturated heterocycles. The van der Waals surface area contributed by atoms with Crippen LogP contribution < -0.4 is 5.32 Å². The summed E-state index contributed by atoms with van der Waals surface area (Å²) in [5.41, 5.74) is 6.85. The fourth-order valence-corrected chi connectivity index (χ4v) is 5.16. The van der Waals surface area contributed by atoms with Crippen LogP contribution in [0.1, 0.15) is 73.9 Å². The van der Waals surface area contributed by atoms with Crippen LogP contribution in [0.25, 0.3) is 0 Å². The highest BCUT2D eigenvalue weighted by molar-refractivity contribution is 5.77. The molecular weight excluding hydrogens is 482 g/mol. The lowest BCUT2D eigenvalue weighted by atomic mass is 10.0. The van der Waals surface area contributed by atoms with Crippen LogP contribution in [-0.2, 0) is 48.9 Å². The van der Waals surface area contributed by atoms with Gasteiger partial charge in [-0.15, -0.1) is 0 Å². The lowest BCUT2D eigenvalue weighted by Crippen LogP contribution is -2.32. The second-order valence-corrected chi connectivity index (χ2v) is 11.8. The Labute approximate surface area is 234 Å². The monoisotopic (exact) mass is 525 g/mol. The summed E-state index contributed by atoms with van der Waals surface area (Å²) in [4.78, 5) is 30.6. The van der Waals surface area contributed by atoms with Gasteiger partial charge in [0.1, 0.15) is 0 Å². The standard InChI is InChI=1S/C34H43N3O2/c1-25(2)14-33(38)36-21-29-10-5-8-27(16-29)19-35-20-28-9-6-11-30(17-28)22-37(34(39)15-26(3)4)24-32-13-7-12-31(18-32)23-36/h5-13,16-18,25-26,35H,14-15,19-24H2,1-4H3. The number of carbonyl (C=O) groups is 2. The van der Waals surface area contributed by atoms with E-state index in [1.807, 2.05) is 15.9 Å². The first kappa shape index (κ1) is 28.6. The van der Waals surface area contributed by atoms with Crippen molar-refractivity contribution >= 4 is 11.8 Å². The summed E-state index contributed by atoms with van der Waals surface area (Å²) < 4.78 is 0. The van der Waals surface area contributed by atoms with Crippen molar-refractivity contribution in [2.45, 2.75) is 79.8 Å². The van der Waals surface area contributed by atoms with E-state index >= 15 is 0 Å². The highest BCUT2D eigenvalue weighted by Gasteiger charge is 2.19. The van der Waals surface area contributed by atoms with Gasteiger partial charge in [-0.25, -0.2) is 0 Å². The maximum absolute atomic E-state index is 13.3. The van der Waals surface area contributed by atoms with E-state index in [1.54, 1.807) is 0 Å². The normalized spacial score (nSPS) is 14.7. The minimum atomic E-state index is 0.167. The molecule has 206 valence electrons. The van der Waals surface area contributed by atoms with E-state index in [9.17, 15) is 9.59 Å². The molecular formula is C34H43N3O2. The van der Waals surface area contributed by atoms with E-state index < -0.39 is 0 Å². The summed E-state index contributed by atoms with van der Waals surface area (Å²) in [6, 6.07) is 25.4. The molecule has 0 aromatic heterocycles. The number of carbonyl (C=O) groups excluding carboxylic acids is 2. The van der Waals surface area contributed by atoms with E-state index in [4.69, 9.17) is 0 Å². The largest absolute Gasteiger partial charge is 0.334 e. The first-order valence-electron chi connectivity index (χ1n) is 14.2. The molecule has 1 N–H and O–H groups in total. The smallest absolute Gasteiger partial charge is 0.223 e. The van der Waals surface area contributed by atoms with Crippen LogP contribution in [0.2, 0.25) is 0 Å². The third-order valence-electron chi connectivity index (χ3n) is 7.00. The van der Waals surface area contributed by atoms with Crippen LogP contribution in [-0.4, -0.2) is 21.6 Å². The second-order valence-electron chi connectivity index (χ2n) is 11.8. The van der Waals surface area contributed by atoms with Gasteiger partial charge in [0.05, 0.1) is 0 Å². The summed E-state index contributed by atoms with van der Waals surface area (Å²) >= 11 is 0. The molecule has 0 fully saturated rings. The molecule has 1 aliphatic rings. The molecule has 0 radical (unpaired) electrons. The van der Waals surface area contributed by atoms with Crippen LogP contribution in [0.5, 0.6) is 0 Å². The summed E-state index contributed by atoms with van der Waals surface area (Å²) in [7, 11) is 0. The van der Waals surface area contributed by atoms with Crippen molar-refractivity contribution < 1.29 is 9.59 Å². The Kier molecular flexibility index (Phi) is 9.94. The molecule has 3 aromatic rings. The molecule has 0 aliphatic carbocycles. The SMILES string of the molecule is CC(C)CC(=O)N1Cc2cccc(c2)CNCc2cccc(c2)CN(C(=O)CC(C)C)Cc2cccc(c2)C1. The highest BCUT2D eigenvalue weighted by Crippen LogP contribution is 2.19. The second kappa shape index (κ2) is 13.6. The lowest BCUT2D eigenvalue weighted by Gasteiger charge is -2.26. The van der Waals surface area contributed by atoms with E-state index in [1.165, 1.54) is 11.1 Å². The maximum Gasteiger partial charge on any atom is 0.223 e. The van der Waals surface area contributed by atoms with Crippen LogP contribution in [0.3, 0.4) is 0 Å². The Bertz CT molecular complexity index is 1170. The average molecular weight is 526 g/mol. The Morgan fingerprint density at radius 1 is 0.590 bits per heavy atom. The van der Waals surface area contributed by atoms with Gasteiger partial charge in [-0.3, -0.25) is 9.59 Å². The fraction of sp³-hybridized carbons (Fsp3) is 0.412. The summed E-state index contributed by atoms with van der Waals surface area (Å²) in [6.45, 7) is 12.1. The molecule has 5 heteroatoms. The molecule has 0 spiro atoms. The average Bonchev–Trinajstić information content (AvgIpc) is 2.87. The molecule has 2 amide bonds. The number of nitrogens with one attached hydrogen (secondary N) is 1. The summed E-state index contributed by atoms with van der Waals surface area (Å²) in [5.74, 6) is 0.927. The predicted molar refractivity (Wildman–Crippen MR) is 157 cm³/mol. The van der Waals surface area contributed by atoms with Gasteiger partial charge in [0.2, 0.25) is 11.8 Å². The number of hydrogen-bond acceptors (Lipinski definition) is 3. The molecule has 5 nitrogen and oxygen atoms in total. The van der Waals surface area contributed by atoms with Gasteiger partial charge in [0, 0.05) is 52.1 Å². The van der Waals surface area contributed by atoms with Crippen molar-refractivity contribution in [1.82, 2.24) is 15.1 Å². The first-order chi connectivity index (χ1) is 18.7. The first-order valence-corrected chi connectivity index (χ1v) is 14.2. The van der Waals surface area contributed by atoms with Crippen molar-refractivity contribution in [3.63, 3.8) is 0 Å². The topological polar surface area (TPSA) is 52.7 Å². The lowest BCUT2D eigenvalue weighted by molar-refractivity contribution is -0.134. The fourth-order valence-electron chi connectivity index (χ4n) is 5.16. The Morgan fingerprint density at radius 3 is 1.23 bits per heavy atom. The number of fused-ring (bicyclic) bond motifs is 6. The summed E-state index contributed by atoms with van der Waals surface area (Å²) in [6.07, 6.45) is 1.05. The highest BCUT2D eigenvalue weighted by atomic mass is 16.2. The molecule has 1 aliphatic heterocycles. The number of nitrogens with zero attached hydrogens (tertiary/aromatic N) is 2. The van der Waals surface area contributed by atoms with Crippen molar-refractivity contribution in [3.8, 4) is 0 Å². The van der Waals surface area contributed by atoms with Crippen molar-refractivity contribution in [2.24, 2.45) is 11.8 Å². The van der Waals surface area contributed by atoms with Gasteiger partial charge in [-0.1, -0.05) is 100 Å². The number of hydrogen-bond donors (Lipinski definition) is 1. The van der Waals surface area contributed by atoms with Crippen molar-refractivity contribution in [2.75, 3.05) is 0 Å². The molecule has 6 bridgehead atoms. The third-order valence-corrected chi connectivity index (χ3v) is 7.00. The molecule has 0 unspecified atom stereocenters. The van der Waals surface area contributed by atoms with Gasteiger partial charge in [-0.2, -0.15) is 0 Å². The van der Waals surface area contributed by atoms with Gasteiger partial charge in [-0.05, 0) is 45.2 Å². The van der Waals surface area contributed by atoms with Crippen molar-refractivity contribution in [3.05, 3.63) is 106 Å². The zero-order valence-electron chi connectivity index (χ0n) is 24.0. The predicted octanol–water partition coefficient (Wildman–Crippen LogP) is 6.44. The van der Waals surface area contributed by atoms with Gasteiger partial charge >= 0.3 is 0 Å². The third kappa shape index (κ3) is 8.79. The van der Waals surface area contributed by atoms with Crippen LogP contribution in [0.15, 0.2) is 72.8 Å². The molecule has 0 saturated carbocycles. The molecule has 39 heavy (non-hydrogen) atoms. The number of rotatable bonds is 4. The number of amides is 2. The van der Waals surface area contributed by atoms with Crippen LogP contribution >= 0.6 is 0 Å². The Morgan fingerprint density at radius 2 is 0.897 bits per heavy atom. The van der Waals surface area contributed by atoms with E-state index in [0.29, 0.717) is 50.9 Å². The zero-order valence-corrected chi connectivity index (χ0v) is 24.0. The zero-order chi connectivity index (χ0) is 27.8. The van der Waals surface area contributed by atoms with Gasteiger partial charge in [0.25, 0.3) is 0 Å². The minimum absolute atomic E-state index is 0.167. The van der Waals surface area contributed by atoms with Crippen molar-refractivity contribution in [1.29, 1.82) is 0 Å². The van der Waals surface area contributed by atoms with E-state index in [2.05, 4.69) is 99.7 Å². The molecule has 3 aromatic carbocycles. The Balaban J connectivity index is 1.69. The maximum atomic E-state index is 13.3. The van der Waals surface area contributed by atoms with E-state index in [0.717, 1.165) is 35.3 Å². The molecule has 1 heterocycles. The minimum Gasteiger partial charge on any atom is -0.334 e. The molecule has 0 atom stereocenters. The van der Waals surface area contributed by atoms with Crippen LogP contribution in [0, 0.1) is 11.8 Å². The summed E-state index contributed by atoms with van der Waals surface area (Å²) in [5, 5.41) is 3.57. The van der Waals surface area contributed by atoms with Gasteiger partial charge in [0.15, 0.2) is 0 Å². The molecule has 4 rings (SSSR count). The number of benzene rings is 3. The van der Waals surface area contributed by atoms with Crippen LogP contribution in [0.4, 0.5) is 0 Å². The quantitative estimate of drug-likeness (QED) is 0.427.